The maximum Gasteiger partial charge on any atom is 0.211 e. The van der Waals surface area contributed by atoms with Crippen molar-refractivity contribution in [2.45, 2.75) is 0 Å². The van der Waals surface area contributed by atoms with Gasteiger partial charge in [0.05, 0.1) is 0 Å². The zero-order chi connectivity index (χ0) is 12.1. The fraction of sp³-hybridized carbons (Fsp3) is 0. The number of benzene rings is 2. The van der Waals surface area contributed by atoms with Crippen molar-refractivity contribution in [1.82, 2.24) is 0 Å². The van der Waals surface area contributed by atoms with Crippen LogP contribution in [-0.2, 0) is 0 Å². The molecular formula is C13H13N3S. The molecule has 0 bridgehead atoms. The summed E-state index contributed by atoms with van der Waals surface area (Å²) in [5.41, 5.74) is 7.79. The molecule has 0 atom stereocenters. The molecule has 0 radical (unpaired) electrons. The van der Waals surface area contributed by atoms with Crippen LogP contribution in [0.5, 0.6) is 0 Å². The average molecular weight is 243 g/mol. The first kappa shape index (κ1) is 11.5. The SMILES string of the molecule is NC(=NS)N(c1ccccc1)c1ccccc1. The summed E-state index contributed by atoms with van der Waals surface area (Å²) in [7, 11) is 0. The molecule has 4 heteroatoms. The molecular weight excluding hydrogens is 230 g/mol. The minimum atomic E-state index is 0.339. The molecule has 0 heterocycles. The highest BCUT2D eigenvalue weighted by molar-refractivity contribution is 7.79. The Morgan fingerprint density at radius 2 is 1.29 bits per heavy atom. The van der Waals surface area contributed by atoms with E-state index in [0.717, 1.165) is 11.4 Å². The number of anilines is 2. The number of para-hydroxylation sites is 2. The van der Waals surface area contributed by atoms with Crippen molar-refractivity contribution in [3.8, 4) is 0 Å². The largest absolute Gasteiger partial charge is 0.368 e. The summed E-state index contributed by atoms with van der Waals surface area (Å²) < 4.78 is 3.76. The summed E-state index contributed by atoms with van der Waals surface area (Å²) in [6.07, 6.45) is 0. The third-order valence-corrected chi connectivity index (χ3v) is 2.57. The van der Waals surface area contributed by atoms with Gasteiger partial charge in [0.25, 0.3) is 0 Å². The lowest BCUT2D eigenvalue weighted by Crippen LogP contribution is -2.32. The first-order valence-corrected chi connectivity index (χ1v) is 5.60. The first-order valence-electron chi connectivity index (χ1n) is 5.20. The Labute approximate surface area is 106 Å². The number of hydrogen-bond acceptors (Lipinski definition) is 2. The van der Waals surface area contributed by atoms with Crippen LogP contribution >= 0.6 is 12.8 Å². The standard InChI is InChI=1S/C13H13N3S/c14-13(15-17)16(11-7-3-1-4-8-11)12-9-5-2-6-10-12/h1-10,17H,(H2,14,15). The molecule has 0 saturated heterocycles. The van der Waals surface area contributed by atoms with E-state index >= 15 is 0 Å². The van der Waals surface area contributed by atoms with Crippen LogP contribution < -0.4 is 10.6 Å². The summed E-state index contributed by atoms with van der Waals surface area (Å²) in [6.45, 7) is 0. The number of nitrogens with zero attached hydrogens (tertiary/aromatic N) is 2. The lowest BCUT2D eigenvalue weighted by molar-refractivity contribution is 1.31. The Balaban J connectivity index is 2.47. The van der Waals surface area contributed by atoms with Crippen LogP contribution in [0.3, 0.4) is 0 Å². The van der Waals surface area contributed by atoms with Crippen LogP contribution in [-0.4, -0.2) is 5.96 Å². The number of guanidine groups is 1. The van der Waals surface area contributed by atoms with E-state index in [2.05, 4.69) is 17.2 Å². The minimum absolute atomic E-state index is 0.339. The number of hydrogen-bond donors (Lipinski definition) is 2. The van der Waals surface area contributed by atoms with Crippen LogP contribution in [0.25, 0.3) is 0 Å². The van der Waals surface area contributed by atoms with Gasteiger partial charge in [-0.15, -0.1) is 0 Å². The van der Waals surface area contributed by atoms with Gasteiger partial charge in [0.1, 0.15) is 0 Å². The van der Waals surface area contributed by atoms with Gasteiger partial charge in [-0.3, -0.25) is 4.90 Å². The van der Waals surface area contributed by atoms with Crippen molar-refractivity contribution >= 4 is 30.1 Å². The van der Waals surface area contributed by atoms with Gasteiger partial charge in [0.2, 0.25) is 5.96 Å². The van der Waals surface area contributed by atoms with Gasteiger partial charge in [0.15, 0.2) is 0 Å². The van der Waals surface area contributed by atoms with E-state index in [1.165, 1.54) is 0 Å². The molecule has 3 nitrogen and oxygen atoms in total. The van der Waals surface area contributed by atoms with Crippen molar-refractivity contribution in [2.24, 2.45) is 10.1 Å². The summed E-state index contributed by atoms with van der Waals surface area (Å²) in [6, 6.07) is 19.6. The maximum absolute atomic E-state index is 5.88. The van der Waals surface area contributed by atoms with E-state index in [9.17, 15) is 0 Å². The highest BCUT2D eigenvalue weighted by atomic mass is 32.1. The molecule has 2 N–H and O–H groups in total. The molecule has 0 unspecified atom stereocenters. The molecule has 17 heavy (non-hydrogen) atoms. The maximum atomic E-state index is 5.88. The molecule has 0 aliphatic rings. The molecule has 0 aliphatic heterocycles. The van der Waals surface area contributed by atoms with Gasteiger partial charge in [-0.2, -0.15) is 4.40 Å². The fourth-order valence-electron chi connectivity index (χ4n) is 1.61. The minimum Gasteiger partial charge on any atom is -0.368 e. The zero-order valence-corrected chi connectivity index (χ0v) is 10.1. The molecule has 0 fully saturated rings. The second-order valence-corrected chi connectivity index (χ2v) is 3.66. The summed E-state index contributed by atoms with van der Waals surface area (Å²) >= 11 is 3.88. The summed E-state index contributed by atoms with van der Waals surface area (Å²) in [5, 5.41) is 0. The molecule has 0 aromatic heterocycles. The van der Waals surface area contributed by atoms with Gasteiger partial charge < -0.3 is 5.73 Å². The van der Waals surface area contributed by atoms with Crippen LogP contribution in [0.2, 0.25) is 0 Å². The Hall–Kier alpha value is -1.94. The summed E-state index contributed by atoms with van der Waals surface area (Å²) in [4.78, 5) is 1.84. The Bertz CT molecular complexity index is 457. The van der Waals surface area contributed by atoms with Gasteiger partial charge in [0, 0.05) is 11.4 Å². The summed E-state index contributed by atoms with van der Waals surface area (Å²) in [5.74, 6) is 0.339. The number of rotatable bonds is 2. The smallest absolute Gasteiger partial charge is 0.211 e. The van der Waals surface area contributed by atoms with Crippen molar-refractivity contribution in [3.63, 3.8) is 0 Å². The second-order valence-electron chi connectivity index (χ2n) is 3.46. The first-order chi connectivity index (χ1) is 8.33. The average Bonchev–Trinajstić information content (AvgIpc) is 2.41. The third kappa shape index (κ3) is 2.60. The van der Waals surface area contributed by atoms with E-state index in [4.69, 9.17) is 5.73 Å². The monoisotopic (exact) mass is 243 g/mol. The number of thiol groups is 1. The Kier molecular flexibility index (Phi) is 3.67. The van der Waals surface area contributed by atoms with Crippen LogP contribution in [0.15, 0.2) is 65.1 Å². The molecule has 2 aromatic rings. The van der Waals surface area contributed by atoms with Crippen LogP contribution in [0.1, 0.15) is 0 Å². The number of nitrogens with two attached hydrogens (primary N) is 1. The highest BCUT2D eigenvalue weighted by Crippen LogP contribution is 2.24. The van der Waals surface area contributed by atoms with Gasteiger partial charge in [-0.05, 0) is 37.1 Å². The molecule has 0 aliphatic carbocycles. The van der Waals surface area contributed by atoms with Crippen molar-refractivity contribution in [2.75, 3.05) is 4.90 Å². The van der Waals surface area contributed by atoms with Gasteiger partial charge >= 0.3 is 0 Å². The predicted octanol–water partition coefficient (Wildman–Crippen LogP) is 2.98. The zero-order valence-electron chi connectivity index (χ0n) is 9.19. The van der Waals surface area contributed by atoms with Crippen molar-refractivity contribution in [1.29, 1.82) is 0 Å². The Morgan fingerprint density at radius 1 is 0.882 bits per heavy atom. The van der Waals surface area contributed by atoms with Crippen LogP contribution in [0.4, 0.5) is 11.4 Å². The predicted molar refractivity (Wildman–Crippen MR) is 75.6 cm³/mol. The molecule has 2 rings (SSSR count). The Morgan fingerprint density at radius 3 is 1.65 bits per heavy atom. The van der Waals surface area contributed by atoms with E-state index in [-0.39, 0.29) is 0 Å². The third-order valence-electron chi connectivity index (χ3n) is 2.36. The molecule has 0 saturated carbocycles. The highest BCUT2D eigenvalue weighted by Gasteiger charge is 2.11. The van der Waals surface area contributed by atoms with Crippen LogP contribution in [0, 0.1) is 0 Å². The topological polar surface area (TPSA) is 41.6 Å². The fourth-order valence-corrected chi connectivity index (χ4v) is 1.70. The van der Waals surface area contributed by atoms with Crippen molar-refractivity contribution in [3.05, 3.63) is 60.7 Å². The van der Waals surface area contributed by atoms with E-state index < -0.39 is 0 Å². The van der Waals surface area contributed by atoms with E-state index in [1.807, 2.05) is 65.6 Å². The lowest BCUT2D eigenvalue weighted by Gasteiger charge is -2.23. The van der Waals surface area contributed by atoms with Crippen molar-refractivity contribution < 1.29 is 0 Å². The van der Waals surface area contributed by atoms with E-state index in [0.29, 0.717) is 5.96 Å². The van der Waals surface area contributed by atoms with Gasteiger partial charge in [-0.1, -0.05) is 36.4 Å². The van der Waals surface area contributed by atoms with E-state index in [1.54, 1.807) is 0 Å². The van der Waals surface area contributed by atoms with Gasteiger partial charge in [-0.25, -0.2) is 0 Å². The lowest BCUT2D eigenvalue weighted by atomic mass is 10.2. The molecule has 2 aromatic carbocycles. The second kappa shape index (κ2) is 5.41. The quantitative estimate of drug-likeness (QED) is 0.483. The molecule has 0 spiro atoms. The molecule has 0 amide bonds. The molecule has 86 valence electrons. The normalized spacial score (nSPS) is 11.2.